The van der Waals surface area contributed by atoms with Gasteiger partial charge in [0.05, 0.1) is 20.6 Å². The van der Waals surface area contributed by atoms with Crippen LogP contribution >= 0.6 is 12.2 Å². The first kappa shape index (κ1) is 18.4. The van der Waals surface area contributed by atoms with Crippen LogP contribution in [0, 0.1) is 13.8 Å². The highest BCUT2D eigenvalue weighted by atomic mass is 32.1. The number of likely N-dealkylation sites (N-methyl/N-ethyl adjacent to an activating group) is 1. The third-order valence-electron chi connectivity index (χ3n) is 4.29. The van der Waals surface area contributed by atoms with Gasteiger partial charge in [-0.1, -0.05) is 42.5 Å². The average molecular weight is 343 g/mol. The van der Waals surface area contributed by atoms with Crippen LogP contribution < -0.4 is 15.5 Å². The summed E-state index contributed by atoms with van der Waals surface area (Å²) in [5.41, 5.74) is 4.86. The van der Waals surface area contributed by atoms with E-state index in [9.17, 15) is 0 Å². The Labute approximate surface area is 151 Å². The Morgan fingerprint density at radius 1 is 1.08 bits per heavy atom. The maximum absolute atomic E-state index is 5.48. The van der Waals surface area contributed by atoms with E-state index in [0.717, 1.165) is 18.7 Å². The van der Waals surface area contributed by atoms with Crippen molar-refractivity contribution in [2.75, 3.05) is 26.0 Å². The third kappa shape index (κ3) is 5.62. The van der Waals surface area contributed by atoms with Crippen molar-refractivity contribution in [2.45, 2.75) is 26.3 Å². The van der Waals surface area contributed by atoms with Crippen LogP contribution in [0.2, 0.25) is 0 Å². The van der Waals surface area contributed by atoms with Crippen LogP contribution in [-0.4, -0.2) is 31.8 Å². The number of anilines is 1. The van der Waals surface area contributed by atoms with Gasteiger partial charge < -0.3 is 15.5 Å². The summed E-state index contributed by atoms with van der Waals surface area (Å²) in [6.45, 7) is 5.02. The van der Waals surface area contributed by atoms with Gasteiger partial charge in [-0.3, -0.25) is 0 Å². The van der Waals surface area contributed by atoms with E-state index in [0.29, 0.717) is 11.2 Å². The Morgan fingerprint density at radius 3 is 2.46 bits per heavy atom. The molecule has 0 aliphatic carbocycles. The van der Waals surface area contributed by atoms with Gasteiger partial charge in [-0.2, -0.15) is 0 Å². The van der Waals surface area contributed by atoms with Crippen molar-refractivity contribution >= 4 is 23.0 Å². The molecule has 128 valence electrons. The van der Waals surface area contributed by atoms with Gasteiger partial charge in [0.15, 0.2) is 5.11 Å². The molecular weight excluding hydrogens is 314 g/mol. The first-order chi connectivity index (χ1) is 11.5. The number of quaternary nitrogens is 1. The van der Waals surface area contributed by atoms with Gasteiger partial charge >= 0.3 is 0 Å². The Balaban J connectivity index is 1.91. The standard InChI is InChI=1S/C20H27N3S/c1-15-10-11-16(2)19(12-15)22-20(24)21-14-18(23(3)4)13-17-8-6-5-7-9-17/h5-12,18H,13-14H2,1-4H3,(H2,21,22,24)/p+1/t18-/m1/s1. The van der Waals surface area contributed by atoms with Crippen LogP contribution in [0.15, 0.2) is 48.5 Å². The molecule has 2 aromatic carbocycles. The van der Waals surface area contributed by atoms with Crippen molar-refractivity contribution < 1.29 is 4.90 Å². The van der Waals surface area contributed by atoms with E-state index in [1.807, 2.05) is 0 Å². The fraction of sp³-hybridized carbons (Fsp3) is 0.350. The van der Waals surface area contributed by atoms with Gasteiger partial charge in [0.2, 0.25) is 0 Å². The van der Waals surface area contributed by atoms with Crippen molar-refractivity contribution in [3.05, 3.63) is 65.2 Å². The lowest BCUT2D eigenvalue weighted by molar-refractivity contribution is -0.884. The van der Waals surface area contributed by atoms with Gasteiger partial charge in [-0.15, -0.1) is 0 Å². The highest BCUT2D eigenvalue weighted by molar-refractivity contribution is 7.80. The molecule has 0 spiro atoms. The summed E-state index contributed by atoms with van der Waals surface area (Å²) in [4.78, 5) is 1.42. The summed E-state index contributed by atoms with van der Waals surface area (Å²) in [5, 5.41) is 7.38. The smallest absolute Gasteiger partial charge is 0.171 e. The Kier molecular flexibility index (Phi) is 6.76. The van der Waals surface area contributed by atoms with E-state index in [4.69, 9.17) is 12.2 Å². The van der Waals surface area contributed by atoms with Gasteiger partial charge in [-0.05, 0) is 48.8 Å². The Bertz CT molecular complexity index is 668. The third-order valence-corrected chi connectivity index (χ3v) is 4.54. The Hall–Kier alpha value is -1.91. The van der Waals surface area contributed by atoms with Gasteiger partial charge in [0.25, 0.3) is 0 Å². The predicted octanol–water partition coefficient (Wildman–Crippen LogP) is 2.35. The molecule has 0 aromatic heterocycles. The summed E-state index contributed by atoms with van der Waals surface area (Å²) in [7, 11) is 4.38. The van der Waals surface area contributed by atoms with Crippen LogP contribution in [0.5, 0.6) is 0 Å². The summed E-state index contributed by atoms with van der Waals surface area (Å²) in [6.07, 6.45) is 1.03. The van der Waals surface area contributed by atoms with Crippen LogP contribution in [0.1, 0.15) is 16.7 Å². The second-order valence-corrected chi connectivity index (χ2v) is 7.03. The molecule has 0 radical (unpaired) electrons. The molecule has 0 bridgehead atoms. The zero-order valence-electron chi connectivity index (χ0n) is 15.0. The van der Waals surface area contributed by atoms with E-state index < -0.39 is 0 Å². The molecule has 3 N–H and O–H groups in total. The molecule has 0 heterocycles. The second-order valence-electron chi connectivity index (χ2n) is 6.62. The van der Waals surface area contributed by atoms with Gasteiger partial charge in [-0.25, -0.2) is 0 Å². The summed E-state index contributed by atoms with van der Waals surface area (Å²) < 4.78 is 0. The lowest BCUT2D eigenvalue weighted by Gasteiger charge is -2.23. The molecule has 2 aromatic rings. The van der Waals surface area contributed by atoms with E-state index in [-0.39, 0.29) is 0 Å². The molecular formula is C20H28N3S+. The summed E-state index contributed by atoms with van der Waals surface area (Å²) in [5.74, 6) is 0. The SMILES string of the molecule is Cc1ccc(C)c(NC(=S)NC[C@@H](Cc2ccccc2)[NH+](C)C)c1. The molecule has 3 nitrogen and oxygen atoms in total. The molecule has 4 heteroatoms. The van der Waals surface area contributed by atoms with Crippen molar-refractivity contribution in [1.29, 1.82) is 0 Å². The van der Waals surface area contributed by atoms with Crippen LogP contribution in [0.4, 0.5) is 5.69 Å². The molecule has 0 aliphatic rings. The maximum atomic E-state index is 5.48. The van der Waals surface area contributed by atoms with E-state index in [2.05, 4.69) is 87.1 Å². The molecule has 0 amide bonds. The molecule has 2 rings (SSSR count). The van der Waals surface area contributed by atoms with Crippen LogP contribution in [0.25, 0.3) is 0 Å². The lowest BCUT2D eigenvalue weighted by Crippen LogP contribution is -3.11. The van der Waals surface area contributed by atoms with Crippen molar-refractivity contribution in [2.24, 2.45) is 0 Å². The minimum atomic E-state index is 0.464. The highest BCUT2D eigenvalue weighted by Gasteiger charge is 2.16. The lowest BCUT2D eigenvalue weighted by atomic mass is 10.1. The van der Waals surface area contributed by atoms with Crippen LogP contribution in [-0.2, 0) is 6.42 Å². The van der Waals surface area contributed by atoms with Crippen molar-refractivity contribution in [1.82, 2.24) is 5.32 Å². The van der Waals surface area contributed by atoms with Gasteiger partial charge in [0.1, 0.15) is 6.04 Å². The number of aryl methyl sites for hydroxylation is 2. The average Bonchev–Trinajstić information content (AvgIpc) is 2.55. The zero-order chi connectivity index (χ0) is 17.5. The molecule has 0 aliphatic heterocycles. The maximum Gasteiger partial charge on any atom is 0.171 e. The zero-order valence-corrected chi connectivity index (χ0v) is 15.8. The first-order valence-electron chi connectivity index (χ1n) is 8.42. The number of hydrogen-bond acceptors (Lipinski definition) is 1. The summed E-state index contributed by atoms with van der Waals surface area (Å²) >= 11 is 5.48. The van der Waals surface area contributed by atoms with Crippen LogP contribution in [0.3, 0.4) is 0 Å². The molecule has 0 saturated carbocycles. The topological polar surface area (TPSA) is 28.5 Å². The number of hydrogen-bond donors (Lipinski definition) is 3. The second kappa shape index (κ2) is 8.81. The predicted molar refractivity (Wildman–Crippen MR) is 107 cm³/mol. The van der Waals surface area contributed by atoms with E-state index in [1.165, 1.54) is 21.6 Å². The fourth-order valence-corrected chi connectivity index (χ4v) is 2.83. The minimum Gasteiger partial charge on any atom is -0.356 e. The van der Waals surface area contributed by atoms with Gasteiger partial charge in [0, 0.05) is 12.1 Å². The molecule has 0 saturated heterocycles. The molecule has 1 atom stereocenters. The van der Waals surface area contributed by atoms with E-state index in [1.54, 1.807) is 0 Å². The minimum absolute atomic E-state index is 0.464. The van der Waals surface area contributed by atoms with Crippen molar-refractivity contribution in [3.63, 3.8) is 0 Å². The number of thiocarbonyl (C=S) groups is 1. The molecule has 24 heavy (non-hydrogen) atoms. The molecule has 0 fully saturated rings. The molecule has 0 unspecified atom stereocenters. The largest absolute Gasteiger partial charge is 0.356 e. The Morgan fingerprint density at radius 2 is 1.79 bits per heavy atom. The monoisotopic (exact) mass is 342 g/mol. The fourth-order valence-electron chi connectivity index (χ4n) is 2.63. The normalized spacial score (nSPS) is 12.0. The number of rotatable bonds is 6. The van der Waals surface area contributed by atoms with E-state index >= 15 is 0 Å². The summed E-state index contributed by atoms with van der Waals surface area (Å²) in [6, 6.07) is 17.4. The number of benzene rings is 2. The van der Waals surface area contributed by atoms with Crippen molar-refractivity contribution in [3.8, 4) is 0 Å². The quantitative estimate of drug-likeness (QED) is 0.704. The highest BCUT2D eigenvalue weighted by Crippen LogP contribution is 2.16. The first-order valence-corrected chi connectivity index (χ1v) is 8.82. The number of nitrogens with one attached hydrogen (secondary N) is 3.